The highest BCUT2D eigenvalue weighted by Crippen LogP contribution is 2.60. The fourth-order valence-corrected chi connectivity index (χ4v) is 6.60. The molecule has 1 aliphatic carbocycles. The summed E-state index contributed by atoms with van der Waals surface area (Å²) >= 11 is 0. The summed E-state index contributed by atoms with van der Waals surface area (Å²) in [4.78, 5) is 37.9. The zero-order valence-electron chi connectivity index (χ0n) is 31.8. The van der Waals surface area contributed by atoms with Gasteiger partial charge < -0.3 is 15.0 Å². The smallest absolute Gasteiger partial charge is 0.281 e. The van der Waals surface area contributed by atoms with Gasteiger partial charge in [0.05, 0.1) is 18.5 Å². The molecular formula is C38H60F3N7O3. The second-order valence-corrected chi connectivity index (χ2v) is 14.1. The molecule has 2 unspecified atom stereocenters. The topological polar surface area (TPSA) is 105 Å². The first kappa shape index (κ1) is 42.1. The third-order valence-electron chi connectivity index (χ3n) is 10.1. The van der Waals surface area contributed by atoms with Crippen LogP contribution in [0.4, 0.5) is 19.0 Å². The summed E-state index contributed by atoms with van der Waals surface area (Å²) in [5.74, 6) is -1.95. The molecular weight excluding hydrogens is 659 g/mol. The van der Waals surface area contributed by atoms with Gasteiger partial charge >= 0.3 is 0 Å². The summed E-state index contributed by atoms with van der Waals surface area (Å²) in [7, 11) is 1.71. The zero-order chi connectivity index (χ0) is 37.8. The van der Waals surface area contributed by atoms with Crippen LogP contribution < -0.4 is 10.2 Å². The summed E-state index contributed by atoms with van der Waals surface area (Å²) in [6.45, 7) is 19.1. The normalized spacial score (nSPS) is 19.8. The van der Waals surface area contributed by atoms with Crippen LogP contribution in [-0.2, 0) is 20.7 Å². The van der Waals surface area contributed by atoms with E-state index in [0.29, 0.717) is 44.6 Å². The minimum absolute atomic E-state index is 0.0533. The minimum Gasteiger partial charge on any atom is -0.383 e. The number of methoxy groups -OCH3 is 1. The fourth-order valence-electron chi connectivity index (χ4n) is 6.60. The number of carbonyl (C=O) groups is 2. The van der Waals surface area contributed by atoms with E-state index in [9.17, 15) is 22.8 Å². The molecule has 2 saturated heterocycles. The number of amides is 1. The van der Waals surface area contributed by atoms with Gasteiger partial charge in [0.25, 0.3) is 11.7 Å². The number of allylic oxidation sites excluding steroid dienone is 3. The average Bonchev–Trinajstić information content (AvgIpc) is 3.83. The number of Topliss-reactive ketones (excluding diaryl/α,β-unsaturated/α-hetero) is 1. The molecule has 51 heavy (non-hydrogen) atoms. The van der Waals surface area contributed by atoms with Gasteiger partial charge in [0.15, 0.2) is 18.3 Å². The second kappa shape index (κ2) is 19.5. The van der Waals surface area contributed by atoms with E-state index in [0.717, 1.165) is 68.3 Å². The first-order chi connectivity index (χ1) is 24.3. The molecule has 2 atom stereocenters. The van der Waals surface area contributed by atoms with E-state index in [2.05, 4.69) is 21.7 Å². The Morgan fingerprint density at radius 3 is 2.43 bits per heavy atom. The maximum atomic E-state index is 14.1. The quantitative estimate of drug-likeness (QED) is 0.162. The number of fused-ring (bicyclic) bond motifs is 1. The number of halogens is 3. The molecule has 0 spiro atoms. The number of rotatable bonds is 15. The molecule has 10 nitrogen and oxygen atoms in total. The third kappa shape index (κ3) is 11.1. The third-order valence-corrected chi connectivity index (χ3v) is 10.1. The second-order valence-electron chi connectivity index (χ2n) is 14.1. The molecule has 286 valence electrons. The number of ether oxygens (including phenoxy) is 1. The summed E-state index contributed by atoms with van der Waals surface area (Å²) in [5.41, 5.74) is 1.08. The van der Waals surface area contributed by atoms with E-state index in [1.165, 1.54) is 0 Å². The number of piperazine rings is 1. The van der Waals surface area contributed by atoms with Crippen molar-refractivity contribution < 1.29 is 27.5 Å². The molecule has 5 rings (SSSR count). The van der Waals surface area contributed by atoms with Crippen molar-refractivity contribution in [2.45, 2.75) is 98.3 Å². The van der Waals surface area contributed by atoms with Gasteiger partial charge in [-0.25, -0.2) is 22.7 Å². The monoisotopic (exact) mass is 719 g/mol. The van der Waals surface area contributed by atoms with Crippen molar-refractivity contribution in [1.82, 2.24) is 29.8 Å². The number of hydrogen-bond donors (Lipinski definition) is 1. The molecule has 1 saturated carbocycles. The van der Waals surface area contributed by atoms with E-state index >= 15 is 0 Å². The van der Waals surface area contributed by atoms with Crippen LogP contribution in [0.1, 0.15) is 97.4 Å². The van der Waals surface area contributed by atoms with Crippen molar-refractivity contribution in [3.63, 3.8) is 0 Å². The van der Waals surface area contributed by atoms with Gasteiger partial charge in [-0.3, -0.25) is 14.5 Å². The van der Waals surface area contributed by atoms with Crippen LogP contribution >= 0.6 is 0 Å². The van der Waals surface area contributed by atoms with Gasteiger partial charge in [-0.1, -0.05) is 53.3 Å². The van der Waals surface area contributed by atoms with Gasteiger partial charge in [-0.05, 0) is 51.0 Å². The number of nitrogens with zero attached hydrogens (tertiary/aromatic N) is 6. The highest BCUT2D eigenvalue weighted by atomic mass is 19.3. The maximum absolute atomic E-state index is 14.1. The first-order valence-corrected chi connectivity index (χ1v) is 18.6. The summed E-state index contributed by atoms with van der Waals surface area (Å²) < 4.78 is 48.1. The molecule has 3 aliphatic rings. The molecule has 13 heteroatoms. The maximum Gasteiger partial charge on any atom is 0.281 e. The van der Waals surface area contributed by atoms with Crippen LogP contribution in [0.5, 0.6) is 0 Å². The number of anilines is 1. The van der Waals surface area contributed by atoms with Crippen LogP contribution in [-0.4, -0.2) is 102 Å². The van der Waals surface area contributed by atoms with Gasteiger partial charge in [0, 0.05) is 76.0 Å². The molecule has 4 heterocycles. The number of piperidine rings is 1. The van der Waals surface area contributed by atoms with Crippen molar-refractivity contribution in [1.29, 1.82) is 0 Å². The molecule has 1 N–H and O–H groups in total. The van der Waals surface area contributed by atoms with Crippen molar-refractivity contribution in [2.24, 2.45) is 17.3 Å². The number of hydrogen-bond acceptors (Lipinski definition) is 8. The summed E-state index contributed by atoms with van der Waals surface area (Å²) in [6.07, 6.45) is 8.93. The van der Waals surface area contributed by atoms with Gasteiger partial charge in [-0.2, -0.15) is 10.1 Å². The summed E-state index contributed by atoms with van der Waals surface area (Å²) in [5, 5.41) is 7.85. The number of carbonyl (C=O) groups excluding carboxylic acids is 2. The van der Waals surface area contributed by atoms with E-state index in [1.54, 1.807) is 23.8 Å². The van der Waals surface area contributed by atoms with Crippen LogP contribution in [0.15, 0.2) is 30.5 Å². The van der Waals surface area contributed by atoms with Crippen molar-refractivity contribution in [3.8, 4) is 0 Å². The Bertz CT molecular complexity index is 1470. The van der Waals surface area contributed by atoms with Crippen molar-refractivity contribution in [2.75, 3.05) is 64.6 Å². The molecule has 3 fully saturated rings. The van der Waals surface area contributed by atoms with Crippen LogP contribution in [0.3, 0.4) is 0 Å². The Morgan fingerprint density at radius 2 is 1.86 bits per heavy atom. The lowest BCUT2D eigenvalue weighted by molar-refractivity contribution is -0.126. The Labute approximate surface area is 302 Å². The number of nitrogens with one attached hydrogen (secondary N) is 1. The van der Waals surface area contributed by atoms with Gasteiger partial charge in [0.1, 0.15) is 5.69 Å². The van der Waals surface area contributed by atoms with Crippen LogP contribution in [0, 0.1) is 17.3 Å². The van der Waals surface area contributed by atoms with E-state index in [4.69, 9.17) is 19.8 Å². The van der Waals surface area contributed by atoms with Crippen molar-refractivity contribution >= 4 is 23.3 Å². The van der Waals surface area contributed by atoms with E-state index in [1.807, 2.05) is 47.7 Å². The predicted octanol–water partition coefficient (Wildman–Crippen LogP) is 6.60. The molecule has 2 aliphatic heterocycles. The van der Waals surface area contributed by atoms with E-state index < -0.39 is 18.0 Å². The highest BCUT2D eigenvalue weighted by molar-refractivity contribution is 5.96. The SMILES string of the molecule is C=C/C=C(\C)C(=O)C(C)C.CC.COCCN1CCN(c2nc3nc(C(C)CCC4(C(F)(F)CF)CC4)cn3nc2CC2CCCNC2=O)CC1. The average molecular weight is 720 g/mol. The van der Waals surface area contributed by atoms with E-state index in [-0.39, 0.29) is 35.9 Å². The van der Waals surface area contributed by atoms with Gasteiger partial charge in [-0.15, -0.1) is 0 Å². The van der Waals surface area contributed by atoms with Crippen LogP contribution in [0.2, 0.25) is 0 Å². The first-order valence-electron chi connectivity index (χ1n) is 18.6. The number of imidazole rings is 1. The lowest BCUT2D eigenvalue weighted by atomic mass is 9.88. The largest absolute Gasteiger partial charge is 0.383 e. The molecule has 0 bridgehead atoms. The number of ketones is 1. The lowest BCUT2D eigenvalue weighted by Crippen LogP contribution is -2.48. The van der Waals surface area contributed by atoms with Crippen LogP contribution in [0.25, 0.3) is 5.78 Å². The molecule has 0 aromatic carbocycles. The molecule has 0 radical (unpaired) electrons. The zero-order valence-corrected chi connectivity index (χ0v) is 31.8. The Morgan fingerprint density at radius 1 is 1.18 bits per heavy atom. The Balaban J connectivity index is 0.000000507. The number of alkyl halides is 3. The lowest BCUT2D eigenvalue weighted by Gasteiger charge is -2.36. The predicted molar refractivity (Wildman–Crippen MR) is 196 cm³/mol. The summed E-state index contributed by atoms with van der Waals surface area (Å²) in [6, 6.07) is 0. The minimum atomic E-state index is -3.27. The highest BCUT2D eigenvalue weighted by Gasteiger charge is 2.61. The standard InChI is InChI=1S/C27H40F3N7O2.C9H14O.C2H6/c1-19(5-6-26(7-8-26)27(29,30)18-28)22-17-37-25(32-22)33-23(36-12-10-35(11-13-36)14-15-39-2)21(34-37)16-20-4-3-9-31-24(20)38;1-5-6-8(4)9(10)7(2)3;1-2/h17,19-20H,3-16,18H2,1-2H3,(H,31,38);5-7H,1H2,2-4H3;1-2H3/b;8-6+;. The number of aromatic nitrogens is 4. The van der Waals surface area contributed by atoms with Crippen molar-refractivity contribution in [3.05, 3.63) is 41.9 Å². The molecule has 2 aromatic rings. The molecule has 1 amide bonds. The van der Waals surface area contributed by atoms with Gasteiger partial charge in [0.2, 0.25) is 5.91 Å². The fraction of sp³-hybridized carbons (Fsp3) is 0.711. The Hall–Kier alpha value is -3.32. The molecule has 2 aromatic heterocycles. The Kier molecular flexibility index (Phi) is 16.1.